The molecule has 0 spiro atoms. The number of anilines is 1. The number of amides is 2. The minimum atomic E-state index is -4.20. The van der Waals surface area contributed by atoms with E-state index in [9.17, 15) is 18.0 Å². The molecule has 1 N–H and O–H groups in total. The maximum Gasteiger partial charge on any atom is 0.264 e. The van der Waals surface area contributed by atoms with E-state index in [0.717, 1.165) is 15.4 Å². The summed E-state index contributed by atoms with van der Waals surface area (Å²) in [6, 6.07) is 29.7. The van der Waals surface area contributed by atoms with E-state index < -0.39 is 28.5 Å². The van der Waals surface area contributed by atoms with Crippen LogP contribution in [0.5, 0.6) is 5.75 Å². The van der Waals surface area contributed by atoms with Crippen molar-refractivity contribution in [2.24, 2.45) is 0 Å². The third-order valence-corrected chi connectivity index (χ3v) is 8.96. The van der Waals surface area contributed by atoms with Crippen LogP contribution in [0.2, 0.25) is 5.02 Å². The summed E-state index contributed by atoms with van der Waals surface area (Å²) in [7, 11) is -2.72. The first-order chi connectivity index (χ1) is 21.1. The van der Waals surface area contributed by atoms with Crippen LogP contribution in [-0.4, -0.2) is 50.9 Å². The molecule has 0 aromatic heterocycles. The van der Waals surface area contributed by atoms with Gasteiger partial charge in [-0.15, -0.1) is 0 Å². The molecule has 0 aliphatic heterocycles. The standard InChI is InChI=1S/C34H36ClN3O5S/c1-25(2)36-34(40)32(21-26-11-6-4-7-12-26)37(23-27-17-19-28(35)20-18-27)33(39)24-38(29-13-10-14-30(22-29)43-3)44(41,42)31-15-8-5-9-16-31/h4-20,22,25,32H,21,23-24H2,1-3H3,(H,36,40)/t32-/m0/s1. The Labute approximate surface area is 264 Å². The molecule has 0 aliphatic carbocycles. The van der Waals surface area contributed by atoms with E-state index in [0.29, 0.717) is 10.8 Å². The second-order valence-corrected chi connectivity index (χ2v) is 12.8. The van der Waals surface area contributed by atoms with Crippen molar-refractivity contribution in [3.63, 3.8) is 0 Å². The number of nitrogens with one attached hydrogen (secondary N) is 1. The van der Waals surface area contributed by atoms with Gasteiger partial charge in [0.1, 0.15) is 18.3 Å². The molecule has 230 valence electrons. The topological polar surface area (TPSA) is 96.0 Å². The van der Waals surface area contributed by atoms with E-state index in [2.05, 4.69) is 5.32 Å². The van der Waals surface area contributed by atoms with Crippen LogP contribution in [0.1, 0.15) is 25.0 Å². The lowest BCUT2D eigenvalue weighted by Gasteiger charge is -2.34. The quantitative estimate of drug-likeness (QED) is 0.204. The lowest BCUT2D eigenvalue weighted by atomic mass is 10.0. The van der Waals surface area contributed by atoms with Gasteiger partial charge in [0, 0.05) is 30.1 Å². The van der Waals surface area contributed by atoms with Gasteiger partial charge < -0.3 is 15.0 Å². The van der Waals surface area contributed by atoms with Crippen LogP contribution < -0.4 is 14.4 Å². The van der Waals surface area contributed by atoms with Gasteiger partial charge in [0.15, 0.2) is 0 Å². The van der Waals surface area contributed by atoms with Crippen molar-refractivity contribution in [1.29, 1.82) is 0 Å². The van der Waals surface area contributed by atoms with Gasteiger partial charge in [0.05, 0.1) is 17.7 Å². The lowest BCUT2D eigenvalue weighted by molar-refractivity contribution is -0.140. The summed E-state index contributed by atoms with van der Waals surface area (Å²) in [5.74, 6) is -0.466. The average molecular weight is 634 g/mol. The molecule has 0 saturated heterocycles. The first kappa shape index (κ1) is 32.6. The molecule has 1 atom stereocenters. The molecule has 0 bridgehead atoms. The summed E-state index contributed by atoms with van der Waals surface area (Å²) < 4.78 is 34.5. The number of carbonyl (C=O) groups is 2. The molecular weight excluding hydrogens is 598 g/mol. The molecule has 2 amide bonds. The van der Waals surface area contributed by atoms with E-state index in [-0.39, 0.29) is 35.5 Å². The minimum Gasteiger partial charge on any atom is -0.497 e. The molecule has 0 radical (unpaired) electrons. The van der Waals surface area contributed by atoms with E-state index in [1.54, 1.807) is 66.7 Å². The van der Waals surface area contributed by atoms with Crippen LogP contribution in [0.3, 0.4) is 0 Å². The van der Waals surface area contributed by atoms with Crippen molar-refractivity contribution >= 4 is 39.1 Å². The number of hydrogen-bond donors (Lipinski definition) is 1. The summed E-state index contributed by atoms with van der Waals surface area (Å²) in [6.07, 6.45) is 0.226. The zero-order valence-electron chi connectivity index (χ0n) is 24.9. The van der Waals surface area contributed by atoms with Gasteiger partial charge in [0.25, 0.3) is 10.0 Å². The van der Waals surface area contributed by atoms with Crippen molar-refractivity contribution < 1.29 is 22.7 Å². The Balaban J connectivity index is 1.81. The molecular formula is C34H36ClN3O5S. The summed E-state index contributed by atoms with van der Waals surface area (Å²) in [6.45, 7) is 3.19. The zero-order valence-corrected chi connectivity index (χ0v) is 26.5. The van der Waals surface area contributed by atoms with Crippen LogP contribution in [0.4, 0.5) is 5.69 Å². The fraction of sp³-hybridized carbons (Fsp3) is 0.235. The van der Waals surface area contributed by atoms with Crippen LogP contribution in [0.15, 0.2) is 114 Å². The SMILES string of the molecule is COc1cccc(N(CC(=O)N(Cc2ccc(Cl)cc2)[C@@H](Cc2ccccc2)C(=O)NC(C)C)S(=O)(=O)c2ccccc2)c1. The van der Waals surface area contributed by atoms with Crippen molar-refractivity contribution in [2.75, 3.05) is 18.0 Å². The monoisotopic (exact) mass is 633 g/mol. The fourth-order valence-electron chi connectivity index (χ4n) is 4.74. The van der Waals surface area contributed by atoms with E-state index in [1.165, 1.54) is 24.1 Å². The number of halogens is 1. The maximum absolute atomic E-state index is 14.4. The molecule has 4 rings (SSSR count). The molecule has 0 heterocycles. The summed E-state index contributed by atoms with van der Waals surface area (Å²) in [5.41, 5.74) is 1.84. The minimum absolute atomic E-state index is 0.0262. The normalized spacial score (nSPS) is 11.9. The predicted octanol–water partition coefficient (Wildman–Crippen LogP) is 5.71. The molecule has 0 unspecified atom stereocenters. The fourth-order valence-corrected chi connectivity index (χ4v) is 6.29. The third kappa shape index (κ3) is 8.39. The second kappa shape index (κ2) is 14.9. The van der Waals surface area contributed by atoms with Gasteiger partial charge in [-0.25, -0.2) is 8.42 Å². The molecule has 0 saturated carbocycles. The number of hydrogen-bond acceptors (Lipinski definition) is 5. The van der Waals surface area contributed by atoms with Crippen molar-refractivity contribution in [2.45, 2.75) is 43.8 Å². The number of carbonyl (C=O) groups excluding carboxylic acids is 2. The van der Waals surface area contributed by atoms with Gasteiger partial charge in [-0.3, -0.25) is 13.9 Å². The molecule has 4 aromatic rings. The van der Waals surface area contributed by atoms with Gasteiger partial charge in [-0.2, -0.15) is 0 Å². The van der Waals surface area contributed by atoms with E-state index in [4.69, 9.17) is 16.3 Å². The highest BCUT2D eigenvalue weighted by Gasteiger charge is 2.35. The van der Waals surface area contributed by atoms with Gasteiger partial charge in [-0.05, 0) is 61.4 Å². The summed E-state index contributed by atoms with van der Waals surface area (Å²) >= 11 is 6.13. The summed E-state index contributed by atoms with van der Waals surface area (Å²) in [4.78, 5) is 29.6. The Kier molecular flexibility index (Phi) is 11.0. The first-order valence-corrected chi connectivity index (χ1v) is 16.0. The second-order valence-electron chi connectivity index (χ2n) is 10.5. The van der Waals surface area contributed by atoms with Gasteiger partial charge >= 0.3 is 0 Å². The number of sulfonamides is 1. The molecule has 0 fully saturated rings. The van der Waals surface area contributed by atoms with E-state index >= 15 is 0 Å². The molecule has 8 nitrogen and oxygen atoms in total. The van der Waals surface area contributed by atoms with Gasteiger partial charge in [-0.1, -0.05) is 78.3 Å². The first-order valence-electron chi connectivity index (χ1n) is 14.2. The van der Waals surface area contributed by atoms with Crippen molar-refractivity contribution in [3.05, 3.63) is 125 Å². The van der Waals surface area contributed by atoms with Crippen LogP contribution in [0.25, 0.3) is 0 Å². The zero-order chi connectivity index (χ0) is 31.7. The predicted molar refractivity (Wildman–Crippen MR) is 173 cm³/mol. The Hall–Kier alpha value is -4.34. The Morgan fingerprint density at radius 3 is 2.09 bits per heavy atom. The smallest absolute Gasteiger partial charge is 0.264 e. The molecule has 44 heavy (non-hydrogen) atoms. The summed E-state index contributed by atoms with van der Waals surface area (Å²) in [5, 5.41) is 3.48. The lowest BCUT2D eigenvalue weighted by Crippen LogP contribution is -2.54. The number of nitrogens with zero attached hydrogens (tertiary/aromatic N) is 2. The average Bonchev–Trinajstić information content (AvgIpc) is 3.02. The molecule has 0 aliphatic rings. The van der Waals surface area contributed by atoms with Crippen LogP contribution in [-0.2, 0) is 32.6 Å². The number of ether oxygens (including phenoxy) is 1. The van der Waals surface area contributed by atoms with Crippen molar-refractivity contribution in [1.82, 2.24) is 10.2 Å². The Bertz CT molecular complexity index is 1650. The Morgan fingerprint density at radius 2 is 1.48 bits per heavy atom. The van der Waals surface area contributed by atoms with Gasteiger partial charge in [0.2, 0.25) is 11.8 Å². The third-order valence-electron chi connectivity index (χ3n) is 6.92. The van der Waals surface area contributed by atoms with Crippen LogP contribution in [0, 0.1) is 0 Å². The number of rotatable bonds is 13. The molecule has 4 aromatic carbocycles. The number of methoxy groups -OCH3 is 1. The highest BCUT2D eigenvalue weighted by molar-refractivity contribution is 7.92. The molecule has 10 heteroatoms. The highest BCUT2D eigenvalue weighted by Crippen LogP contribution is 2.28. The maximum atomic E-state index is 14.4. The van der Waals surface area contributed by atoms with E-state index in [1.807, 2.05) is 44.2 Å². The van der Waals surface area contributed by atoms with Crippen molar-refractivity contribution in [3.8, 4) is 5.75 Å². The Morgan fingerprint density at radius 1 is 0.841 bits per heavy atom. The largest absolute Gasteiger partial charge is 0.497 e. The van der Waals surface area contributed by atoms with Crippen LogP contribution >= 0.6 is 11.6 Å². The highest BCUT2D eigenvalue weighted by atomic mass is 35.5. The number of benzene rings is 4.